The minimum atomic E-state index is -6.14. The van der Waals surface area contributed by atoms with E-state index >= 15 is 0 Å². The lowest BCUT2D eigenvalue weighted by atomic mass is 10.3. The average Bonchev–Trinajstić information content (AvgIpc) is 3.18. The van der Waals surface area contributed by atoms with E-state index in [0.29, 0.717) is 6.61 Å². The van der Waals surface area contributed by atoms with Crippen molar-refractivity contribution in [1.29, 1.82) is 0 Å². The fraction of sp³-hybridized carbons (Fsp3) is 0.400. The molecule has 12 heteroatoms. The summed E-state index contributed by atoms with van der Waals surface area (Å²) in [6, 6.07) is 4.14. The first-order chi connectivity index (χ1) is 10.0. The number of nitrogens with zero attached hydrogens (tertiary/aromatic N) is 1. The topological polar surface area (TPSA) is 104 Å². The van der Waals surface area contributed by atoms with Crippen molar-refractivity contribution in [3.05, 3.63) is 28.4 Å². The molecule has 22 heavy (non-hydrogen) atoms. The van der Waals surface area contributed by atoms with Gasteiger partial charge in [0.15, 0.2) is 10.0 Å². The molecule has 7 nitrogen and oxygen atoms in total. The van der Waals surface area contributed by atoms with Gasteiger partial charge in [-0.15, -0.1) is 0 Å². The maximum Gasteiger partial charge on any atom is 0.480 e. The zero-order valence-corrected chi connectivity index (χ0v) is 12.3. The molecule has 0 bridgehead atoms. The maximum atomic E-state index is 12.1. The van der Waals surface area contributed by atoms with Crippen molar-refractivity contribution in [3.8, 4) is 5.75 Å². The highest BCUT2D eigenvalue weighted by molar-refractivity contribution is 8.12. The largest absolute Gasteiger partial charge is 0.491 e. The Balaban J connectivity index is 2.12. The minimum Gasteiger partial charge on any atom is -0.491 e. The second kappa shape index (κ2) is 5.68. The molecular weight excluding hydrogens is 351 g/mol. The molecule has 1 unspecified atom stereocenters. The van der Waals surface area contributed by atoms with Crippen molar-refractivity contribution >= 4 is 20.0 Å². The molecule has 1 aromatic carbocycles. The Morgan fingerprint density at radius 1 is 1.18 bits per heavy atom. The van der Waals surface area contributed by atoms with Crippen molar-refractivity contribution < 1.29 is 39.5 Å². The van der Waals surface area contributed by atoms with E-state index < -0.39 is 30.5 Å². The standard InChI is InChI=1S/C10H9F3NO6S2/c11-10(12,13)22(17,18)14-21(15,16)9-3-1-7(2-4-9)19-5-8-6-20-8/h1-4,8H,5-6H2/q-1. The Hall–Kier alpha value is -1.37. The van der Waals surface area contributed by atoms with Crippen LogP contribution < -0.4 is 4.74 Å². The highest BCUT2D eigenvalue weighted by Gasteiger charge is 2.40. The second-order valence-electron chi connectivity index (χ2n) is 4.21. The van der Waals surface area contributed by atoms with Gasteiger partial charge in [0.1, 0.15) is 28.5 Å². The summed E-state index contributed by atoms with van der Waals surface area (Å²) in [5, 5.41) is 0. The predicted molar refractivity (Wildman–Crippen MR) is 67.2 cm³/mol. The van der Waals surface area contributed by atoms with E-state index in [0.717, 1.165) is 12.1 Å². The number of halogens is 3. The van der Waals surface area contributed by atoms with E-state index in [2.05, 4.69) is 0 Å². The van der Waals surface area contributed by atoms with Crippen molar-refractivity contribution in [2.24, 2.45) is 0 Å². The van der Waals surface area contributed by atoms with Crippen LogP contribution in [-0.4, -0.2) is 41.7 Å². The summed E-state index contributed by atoms with van der Waals surface area (Å²) in [5.41, 5.74) is -5.78. The fourth-order valence-electron chi connectivity index (χ4n) is 1.28. The molecule has 0 radical (unpaired) electrons. The van der Waals surface area contributed by atoms with Gasteiger partial charge >= 0.3 is 5.51 Å². The minimum absolute atomic E-state index is 0.0321. The first-order valence-corrected chi connectivity index (χ1v) is 8.54. The van der Waals surface area contributed by atoms with E-state index in [1.165, 1.54) is 12.1 Å². The molecule has 1 fully saturated rings. The molecule has 2 rings (SSSR count). The highest BCUT2D eigenvalue weighted by atomic mass is 32.3. The van der Waals surface area contributed by atoms with Crippen LogP contribution in [0.25, 0.3) is 4.13 Å². The van der Waals surface area contributed by atoms with E-state index in [-0.39, 0.29) is 18.5 Å². The third-order valence-electron chi connectivity index (χ3n) is 2.45. The van der Waals surface area contributed by atoms with Gasteiger partial charge in [0.2, 0.25) is 0 Å². The SMILES string of the molecule is O=S(=O)([N-]S(=O)(=O)C(F)(F)F)c1ccc(OCC2CO2)cc1. The van der Waals surface area contributed by atoms with E-state index in [9.17, 15) is 30.0 Å². The van der Waals surface area contributed by atoms with E-state index in [1.807, 2.05) is 4.13 Å². The number of sulfonamides is 2. The zero-order chi connectivity index (χ0) is 16.6. The molecule has 124 valence electrons. The second-order valence-corrected chi connectivity index (χ2v) is 7.64. The highest BCUT2D eigenvalue weighted by Crippen LogP contribution is 2.32. The van der Waals surface area contributed by atoms with Crippen LogP contribution in [-0.2, 0) is 24.8 Å². The van der Waals surface area contributed by atoms with Gasteiger partial charge < -0.3 is 13.6 Å². The molecule has 1 aliphatic heterocycles. The summed E-state index contributed by atoms with van der Waals surface area (Å²) in [5.74, 6) is 0.258. The summed E-state index contributed by atoms with van der Waals surface area (Å²) in [7, 11) is -11.1. The molecule has 1 atom stereocenters. The average molecular weight is 360 g/mol. The van der Waals surface area contributed by atoms with Crippen molar-refractivity contribution in [2.75, 3.05) is 13.2 Å². The summed E-state index contributed by atoms with van der Waals surface area (Å²) in [6.07, 6.45) is -0.0321. The zero-order valence-electron chi connectivity index (χ0n) is 10.6. The van der Waals surface area contributed by atoms with Gasteiger partial charge in [0.25, 0.3) is 0 Å². The Bertz CT molecular complexity index is 738. The Kier molecular flexibility index (Phi) is 4.39. The Labute approximate surface area is 124 Å². The van der Waals surface area contributed by atoms with Crippen molar-refractivity contribution in [2.45, 2.75) is 16.5 Å². The lowest BCUT2D eigenvalue weighted by Crippen LogP contribution is -2.24. The smallest absolute Gasteiger partial charge is 0.480 e. The van der Waals surface area contributed by atoms with Crippen molar-refractivity contribution in [1.82, 2.24) is 0 Å². The summed E-state index contributed by atoms with van der Waals surface area (Å²) in [6.45, 7) is 0.805. The Morgan fingerprint density at radius 3 is 2.18 bits per heavy atom. The van der Waals surface area contributed by atoms with Crippen LogP contribution in [0.2, 0.25) is 0 Å². The molecule has 1 saturated heterocycles. The monoisotopic (exact) mass is 360 g/mol. The van der Waals surface area contributed by atoms with Crippen LogP contribution in [0.15, 0.2) is 29.2 Å². The lowest BCUT2D eigenvalue weighted by molar-refractivity contribution is -0.0425. The van der Waals surface area contributed by atoms with Crippen LogP contribution >= 0.6 is 0 Å². The third-order valence-corrected chi connectivity index (χ3v) is 5.47. The van der Waals surface area contributed by atoms with Crippen molar-refractivity contribution in [3.63, 3.8) is 0 Å². The number of benzene rings is 1. The number of rotatable bonds is 6. The molecule has 1 heterocycles. The molecule has 0 spiro atoms. The number of ether oxygens (including phenoxy) is 2. The first kappa shape index (κ1) is 17.0. The molecule has 1 aliphatic rings. The number of epoxide rings is 1. The summed E-state index contributed by atoms with van der Waals surface area (Å²) in [4.78, 5) is -0.699. The Morgan fingerprint density at radius 2 is 1.73 bits per heavy atom. The van der Waals surface area contributed by atoms with Gasteiger partial charge in [-0.05, 0) is 24.3 Å². The van der Waals surface area contributed by atoms with Crippen LogP contribution in [0.1, 0.15) is 0 Å². The quantitative estimate of drug-likeness (QED) is 0.710. The maximum absolute atomic E-state index is 12.1. The lowest BCUT2D eigenvalue weighted by Gasteiger charge is -2.22. The van der Waals surface area contributed by atoms with Crippen LogP contribution in [0.3, 0.4) is 0 Å². The van der Waals surface area contributed by atoms with Crippen LogP contribution in [0.5, 0.6) is 5.75 Å². The summed E-state index contributed by atoms with van der Waals surface area (Å²) >= 11 is 0. The third kappa shape index (κ3) is 4.09. The van der Waals surface area contributed by atoms with Gasteiger partial charge in [-0.1, -0.05) is 0 Å². The fourth-order valence-corrected chi connectivity index (χ4v) is 3.47. The molecule has 0 aromatic heterocycles. The number of hydrogen-bond donors (Lipinski definition) is 0. The van der Waals surface area contributed by atoms with Crippen LogP contribution in [0, 0.1) is 0 Å². The van der Waals surface area contributed by atoms with E-state index in [1.54, 1.807) is 0 Å². The first-order valence-electron chi connectivity index (χ1n) is 5.66. The number of hydrogen-bond acceptors (Lipinski definition) is 6. The predicted octanol–water partition coefficient (Wildman–Crippen LogP) is 1.38. The van der Waals surface area contributed by atoms with Crippen LogP contribution in [0.4, 0.5) is 13.2 Å². The van der Waals surface area contributed by atoms with Gasteiger partial charge in [-0.3, -0.25) is 0 Å². The van der Waals surface area contributed by atoms with Gasteiger partial charge in [-0.25, -0.2) is 16.8 Å². The van der Waals surface area contributed by atoms with Gasteiger partial charge in [-0.2, -0.15) is 13.2 Å². The molecule has 0 aliphatic carbocycles. The summed E-state index contributed by atoms with van der Waals surface area (Å²) < 4.78 is 93.2. The van der Waals surface area contributed by atoms with Gasteiger partial charge in [0.05, 0.1) is 6.61 Å². The van der Waals surface area contributed by atoms with E-state index in [4.69, 9.17) is 9.47 Å². The van der Waals surface area contributed by atoms with Gasteiger partial charge in [0, 0.05) is 4.90 Å². The normalized spacial score (nSPS) is 19.0. The molecule has 1 aromatic rings. The molecule has 0 amide bonds. The number of alkyl halides is 3. The molecular formula is C10H9F3NO6S2-. The molecule has 0 saturated carbocycles. The molecule has 0 N–H and O–H groups in total.